The molecule has 0 radical (unpaired) electrons. The van der Waals surface area contributed by atoms with Crippen LogP contribution in [0.4, 0.5) is 0 Å². The van der Waals surface area contributed by atoms with Crippen LogP contribution in [0.1, 0.15) is 38.2 Å². The highest BCUT2D eigenvalue weighted by atomic mass is 16.5. The van der Waals surface area contributed by atoms with Gasteiger partial charge in [0.1, 0.15) is 11.4 Å². The van der Waals surface area contributed by atoms with E-state index in [0.717, 1.165) is 12.2 Å². The maximum Gasteiger partial charge on any atom is 0.123 e. The van der Waals surface area contributed by atoms with Crippen molar-refractivity contribution in [1.82, 2.24) is 4.90 Å². The van der Waals surface area contributed by atoms with Gasteiger partial charge in [-0.25, -0.2) is 0 Å². The summed E-state index contributed by atoms with van der Waals surface area (Å²) in [7, 11) is 4.38. The van der Waals surface area contributed by atoms with Gasteiger partial charge in [-0.15, -0.1) is 0 Å². The fourth-order valence-corrected chi connectivity index (χ4v) is 3.95. The summed E-state index contributed by atoms with van der Waals surface area (Å²) in [6.45, 7) is 2.35. The van der Waals surface area contributed by atoms with Crippen LogP contribution in [0.3, 0.4) is 0 Å². The first-order chi connectivity index (χ1) is 9.12. The lowest BCUT2D eigenvalue weighted by Gasteiger charge is -2.45. The summed E-state index contributed by atoms with van der Waals surface area (Å²) < 4.78 is 6.49. The lowest BCUT2D eigenvalue weighted by molar-refractivity contribution is -0.0360. The fraction of sp³-hybridized carbons (Fsp3) is 0.647. The Balaban J connectivity index is 1.90. The number of rotatable bonds is 2. The summed E-state index contributed by atoms with van der Waals surface area (Å²) in [5.41, 5.74) is 1.46. The fourth-order valence-electron chi connectivity index (χ4n) is 3.95. The van der Waals surface area contributed by atoms with Gasteiger partial charge in [0.2, 0.25) is 0 Å². The summed E-state index contributed by atoms with van der Waals surface area (Å²) in [5, 5.41) is 0. The number of fused-ring (bicyclic) bond motifs is 1. The summed E-state index contributed by atoms with van der Waals surface area (Å²) >= 11 is 0. The third-order valence-corrected chi connectivity index (χ3v) is 5.21. The van der Waals surface area contributed by atoms with Gasteiger partial charge in [-0.1, -0.05) is 24.6 Å². The van der Waals surface area contributed by atoms with Crippen LogP contribution >= 0.6 is 0 Å². The van der Waals surface area contributed by atoms with Crippen molar-refractivity contribution in [1.29, 1.82) is 0 Å². The molecule has 1 aliphatic carbocycles. The second-order valence-electron chi connectivity index (χ2n) is 6.51. The standard InChI is InChI=1S/C17H25NO/c1-13(18(2)3)15-9-6-7-11-17(15)12-14-8-4-5-10-16(14)19-17/h4-5,8,10,13,15H,6-7,9,11-12H2,1-3H3. The van der Waals surface area contributed by atoms with Crippen molar-refractivity contribution in [3.63, 3.8) is 0 Å². The van der Waals surface area contributed by atoms with Crippen LogP contribution in [-0.2, 0) is 6.42 Å². The van der Waals surface area contributed by atoms with E-state index in [1.165, 1.54) is 31.2 Å². The smallest absolute Gasteiger partial charge is 0.123 e. The zero-order valence-corrected chi connectivity index (χ0v) is 12.4. The summed E-state index contributed by atoms with van der Waals surface area (Å²) in [6.07, 6.45) is 6.28. The van der Waals surface area contributed by atoms with E-state index in [4.69, 9.17) is 4.74 Å². The zero-order valence-electron chi connectivity index (χ0n) is 12.4. The molecule has 1 fully saturated rings. The SMILES string of the molecule is CC(C1CCCCC12Cc1ccccc1O2)N(C)C. The normalized spacial score (nSPS) is 31.3. The molecule has 0 N–H and O–H groups in total. The molecule has 1 aliphatic heterocycles. The molecule has 1 aromatic rings. The predicted molar refractivity (Wildman–Crippen MR) is 78.6 cm³/mol. The largest absolute Gasteiger partial charge is 0.486 e. The Labute approximate surface area is 116 Å². The van der Waals surface area contributed by atoms with Gasteiger partial charge in [0, 0.05) is 18.4 Å². The zero-order chi connectivity index (χ0) is 13.5. The van der Waals surface area contributed by atoms with Crippen molar-refractivity contribution >= 4 is 0 Å². The Bertz CT molecular complexity index is 429. The number of nitrogens with zero attached hydrogens (tertiary/aromatic N) is 1. The van der Waals surface area contributed by atoms with Gasteiger partial charge >= 0.3 is 0 Å². The number of hydrogen-bond donors (Lipinski definition) is 0. The van der Waals surface area contributed by atoms with Crippen molar-refractivity contribution < 1.29 is 4.74 Å². The van der Waals surface area contributed by atoms with E-state index in [2.05, 4.69) is 50.2 Å². The Morgan fingerprint density at radius 2 is 2.05 bits per heavy atom. The van der Waals surface area contributed by atoms with Gasteiger partial charge < -0.3 is 9.64 Å². The second kappa shape index (κ2) is 4.82. The molecule has 3 unspecified atom stereocenters. The molecule has 0 bridgehead atoms. The van der Waals surface area contributed by atoms with Gasteiger partial charge in [0.25, 0.3) is 0 Å². The highest BCUT2D eigenvalue weighted by Crippen LogP contribution is 2.47. The van der Waals surface area contributed by atoms with Crippen LogP contribution in [0, 0.1) is 5.92 Å². The molecule has 1 aromatic carbocycles. The molecule has 0 saturated heterocycles. The quantitative estimate of drug-likeness (QED) is 0.806. The molecule has 2 aliphatic rings. The van der Waals surface area contributed by atoms with Gasteiger partial charge in [-0.3, -0.25) is 0 Å². The van der Waals surface area contributed by atoms with Crippen molar-refractivity contribution in [3.8, 4) is 5.75 Å². The van der Waals surface area contributed by atoms with Gasteiger partial charge in [-0.05, 0) is 51.9 Å². The molecule has 3 rings (SSSR count). The van der Waals surface area contributed by atoms with E-state index in [1.54, 1.807) is 0 Å². The van der Waals surface area contributed by atoms with E-state index in [9.17, 15) is 0 Å². The first-order valence-corrected chi connectivity index (χ1v) is 7.56. The van der Waals surface area contributed by atoms with Crippen molar-refractivity contribution in [3.05, 3.63) is 29.8 Å². The second-order valence-corrected chi connectivity index (χ2v) is 6.51. The molecular weight excluding hydrogens is 234 g/mol. The van der Waals surface area contributed by atoms with Crippen LogP contribution in [0.25, 0.3) is 0 Å². The maximum atomic E-state index is 6.49. The number of benzene rings is 1. The Morgan fingerprint density at radius 1 is 1.26 bits per heavy atom. The highest BCUT2D eigenvalue weighted by molar-refractivity contribution is 5.39. The van der Waals surface area contributed by atoms with E-state index in [1.807, 2.05) is 0 Å². The third kappa shape index (κ3) is 2.16. The minimum Gasteiger partial charge on any atom is -0.486 e. The molecular formula is C17H25NO. The predicted octanol–water partition coefficient (Wildman–Crippen LogP) is 3.50. The average molecular weight is 259 g/mol. The van der Waals surface area contributed by atoms with Crippen LogP contribution in [0.2, 0.25) is 0 Å². The lowest BCUT2D eigenvalue weighted by atomic mass is 9.70. The van der Waals surface area contributed by atoms with E-state index >= 15 is 0 Å². The number of ether oxygens (including phenoxy) is 1. The van der Waals surface area contributed by atoms with E-state index in [0.29, 0.717) is 12.0 Å². The molecule has 1 heterocycles. The van der Waals surface area contributed by atoms with E-state index in [-0.39, 0.29) is 5.60 Å². The van der Waals surface area contributed by atoms with Crippen LogP contribution in [0.5, 0.6) is 5.75 Å². The molecule has 2 heteroatoms. The molecule has 3 atom stereocenters. The molecule has 2 nitrogen and oxygen atoms in total. The average Bonchev–Trinajstić information content (AvgIpc) is 2.76. The van der Waals surface area contributed by atoms with E-state index < -0.39 is 0 Å². The molecule has 0 aromatic heterocycles. The van der Waals surface area contributed by atoms with Crippen molar-refractivity contribution in [2.75, 3.05) is 14.1 Å². The molecule has 0 amide bonds. The summed E-state index contributed by atoms with van der Waals surface area (Å²) in [4.78, 5) is 2.35. The van der Waals surface area contributed by atoms with Crippen molar-refractivity contribution in [2.45, 2.75) is 50.7 Å². The third-order valence-electron chi connectivity index (χ3n) is 5.21. The first-order valence-electron chi connectivity index (χ1n) is 7.56. The molecule has 19 heavy (non-hydrogen) atoms. The monoisotopic (exact) mass is 259 g/mol. The molecule has 104 valence electrons. The van der Waals surface area contributed by atoms with Crippen LogP contribution < -0.4 is 4.74 Å². The Kier molecular flexibility index (Phi) is 3.30. The van der Waals surface area contributed by atoms with Gasteiger partial charge in [-0.2, -0.15) is 0 Å². The number of hydrogen-bond acceptors (Lipinski definition) is 2. The maximum absolute atomic E-state index is 6.49. The van der Waals surface area contributed by atoms with Crippen LogP contribution in [-0.4, -0.2) is 30.6 Å². The minimum atomic E-state index is 0.0611. The molecule has 1 spiro atoms. The minimum absolute atomic E-state index is 0.0611. The van der Waals surface area contributed by atoms with Gasteiger partial charge in [0.15, 0.2) is 0 Å². The molecule has 1 saturated carbocycles. The number of para-hydroxylation sites is 1. The summed E-state index contributed by atoms with van der Waals surface area (Å²) in [5.74, 6) is 1.77. The highest BCUT2D eigenvalue weighted by Gasteiger charge is 2.49. The Morgan fingerprint density at radius 3 is 2.79 bits per heavy atom. The topological polar surface area (TPSA) is 12.5 Å². The lowest BCUT2D eigenvalue weighted by Crippen LogP contribution is -2.52. The Hall–Kier alpha value is -1.02. The first kappa shape index (κ1) is 13.0. The van der Waals surface area contributed by atoms with Crippen molar-refractivity contribution in [2.24, 2.45) is 5.92 Å². The van der Waals surface area contributed by atoms with Gasteiger partial charge in [0.05, 0.1) is 0 Å². The summed E-state index contributed by atoms with van der Waals surface area (Å²) in [6, 6.07) is 9.17. The van der Waals surface area contributed by atoms with Crippen LogP contribution in [0.15, 0.2) is 24.3 Å².